The van der Waals surface area contributed by atoms with Gasteiger partial charge in [-0.1, -0.05) is 30.3 Å². The summed E-state index contributed by atoms with van der Waals surface area (Å²) in [6.45, 7) is 0. The SMILES string of the molecule is NC(CCc1ccccc1)C(=O)Nc1ccc(=O)[nH]n1. The van der Waals surface area contributed by atoms with Gasteiger partial charge >= 0.3 is 0 Å². The van der Waals surface area contributed by atoms with Gasteiger partial charge in [-0.05, 0) is 24.5 Å². The van der Waals surface area contributed by atoms with Gasteiger partial charge in [0.05, 0.1) is 6.04 Å². The lowest BCUT2D eigenvalue weighted by Crippen LogP contribution is -2.36. The Hall–Kier alpha value is -2.47. The average Bonchev–Trinajstić information content (AvgIpc) is 2.48. The molecule has 0 saturated heterocycles. The lowest BCUT2D eigenvalue weighted by Gasteiger charge is -2.11. The van der Waals surface area contributed by atoms with Crippen molar-refractivity contribution >= 4 is 11.7 Å². The van der Waals surface area contributed by atoms with E-state index in [9.17, 15) is 9.59 Å². The van der Waals surface area contributed by atoms with E-state index in [-0.39, 0.29) is 17.3 Å². The molecule has 1 amide bonds. The van der Waals surface area contributed by atoms with Crippen molar-refractivity contribution in [2.75, 3.05) is 5.32 Å². The third kappa shape index (κ3) is 4.03. The Labute approximate surface area is 116 Å². The van der Waals surface area contributed by atoms with Gasteiger partial charge in [-0.25, -0.2) is 5.10 Å². The molecule has 1 aromatic heterocycles. The van der Waals surface area contributed by atoms with Crippen LogP contribution in [0.2, 0.25) is 0 Å². The monoisotopic (exact) mass is 272 g/mol. The molecule has 0 aliphatic heterocycles. The second-order valence-electron chi connectivity index (χ2n) is 4.43. The minimum Gasteiger partial charge on any atom is -0.320 e. The van der Waals surface area contributed by atoms with Crippen LogP contribution in [0.25, 0.3) is 0 Å². The Morgan fingerprint density at radius 1 is 1.25 bits per heavy atom. The first-order chi connectivity index (χ1) is 9.65. The number of carbonyl (C=O) groups excluding carboxylic acids is 1. The molecule has 1 unspecified atom stereocenters. The fourth-order valence-electron chi connectivity index (χ4n) is 1.73. The Bertz CT molecular complexity index is 604. The van der Waals surface area contributed by atoms with Gasteiger partial charge in [-0.2, -0.15) is 5.10 Å². The number of nitrogens with two attached hydrogens (primary N) is 1. The molecule has 0 aliphatic rings. The molecular formula is C14H16N4O2. The highest BCUT2D eigenvalue weighted by Gasteiger charge is 2.14. The third-order valence-corrected chi connectivity index (χ3v) is 2.85. The Morgan fingerprint density at radius 3 is 2.65 bits per heavy atom. The van der Waals surface area contributed by atoms with Crippen LogP contribution in [0.5, 0.6) is 0 Å². The number of rotatable bonds is 5. The zero-order valence-electron chi connectivity index (χ0n) is 10.9. The number of amides is 1. The molecule has 6 heteroatoms. The summed E-state index contributed by atoms with van der Waals surface area (Å²) < 4.78 is 0. The Morgan fingerprint density at radius 2 is 2.00 bits per heavy atom. The first kappa shape index (κ1) is 14.0. The molecule has 104 valence electrons. The van der Waals surface area contributed by atoms with Crippen LogP contribution in [0.15, 0.2) is 47.3 Å². The summed E-state index contributed by atoms with van der Waals surface area (Å²) in [5.74, 6) is -0.0368. The van der Waals surface area contributed by atoms with Crippen LogP contribution < -0.4 is 16.6 Å². The lowest BCUT2D eigenvalue weighted by atomic mass is 10.1. The molecule has 1 heterocycles. The number of hydrogen-bond donors (Lipinski definition) is 3. The second-order valence-corrected chi connectivity index (χ2v) is 4.43. The minimum absolute atomic E-state index is 0.282. The van der Waals surface area contributed by atoms with E-state index in [1.807, 2.05) is 30.3 Å². The van der Waals surface area contributed by atoms with Crippen molar-refractivity contribution in [3.8, 4) is 0 Å². The van der Waals surface area contributed by atoms with Crippen molar-refractivity contribution in [1.82, 2.24) is 10.2 Å². The predicted molar refractivity (Wildman–Crippen MR) is 76.2 cm³/mol. The first-order valence-electron chi connectivity index (χ1n) is 6.31. The highest BCUT2D eigenvalue weighted by molar-refractivity contribution is 5.93. The van der Waals surface area contributed by atoms with Gasteiger partial charge in [0, 0.05) is 6.07 Å². The maximum atomic E-state index is 11.9. The second kappa shape index (κ2) is 6.63. The number of aromatic nitrogens is 2. The molecule has 0 aliphatic carbocycles. The van der Waals surface area contributed by atoms with E-state index in [4.69, 9.17) is 5.73 Å². The van der Waals surface area contributed by atoms with Crippen LogP contribution in [0, 0.1) is 0 Å². The summed E-state index contributed by atoms with van der Waals surface area (Å²) in [7, 11) is 0. The maximum absolute atomic E-state index is 11.9. The van der Waals surface area contributed by atoms with E-state index in [2.05, 4.69) is 15.5 Å². The van der Waals surface area contributed by atoms with E-state index >= 15 is 0 Å². The van der Waals surface area contributed by atoms with Crippen molar-refractivity contribution in [3.05, 3.63) is 58.4 Å². The van der Waals surface area contributed by atoms with Gasteiger partial charge in [-0.15, -0.1) is 0 Å². The van der Waals surface area contributed by atoms with Crippen LogP contribution in [0.1, 0.15) is 12.0 Å². The summed E-state index contributed by atoms with van der Waals surface area (Å²) in [5, 5.41) is 8.49. The fourth-order valence-corrected chi connectivity index (χ4v) is 1.73. The molecule has 0 spiro atoms. The number of carbonyl (C=O) groups is 1. The summed E-state index contributed by atoms with van der Waals surface area (Å²) in [6.07, 6.45) is 1.27. The number of nitrogens with zero attached hydrogens (tertiary/aromatic N) is 1. The molecule has 1 aromatic carbocycles. The third-order valence-electron chi connectivity index (χ3n) is 2.85. The average molecular weight is 272 g/mol. The number of H-pyrrole nitrogens is 1. The number of benzene rings is 1. The van der Waals surface area contributed by atoms with Gasteiger partial charge in [0.25, 0.3) is 5.56 Å². The van der Waals surface area contributed by atoms with Crippen LogP contribution in [0.3, 0.4) is 0 Å². The van der Waals surface area contributed by atoms with Crippen molar-refractivity contribution in [2.45, 2.75) is 18.9 Å². The number of hydrogen-bond acceptors (Lipinski definition) is 4. The van der Waals surface area contributed by atoms with E-state index in [0.29, 0.717) is 6.42 Å². The lowest BCUT2D eigenvalue weighted by molar-refractivity contribution is -0.117. The molecule has 2 rings (SSSR count). The van der Waals surface area contributed by atoms with Crippen LogP contribution in [-0.4, -0.2) is 22.1 Å². The Kier molecular flexibility index (Phi) is 4.62. The predicted octanol–water partition coefficient (Wildman–Crippen LogP) is 0.668. The van der Waals surface area contributed by atoms with Crippen LogP contribution in [0.4, 0.5) is 5.82 Å². The van der Waals surface area contributed by atoms with E-state index in [1.165, 1.54) is 12.1 Å². The van der Waals surface area contributed by atoms with Gasteiger partial charge in [-0.3, -0.25) is 9.59 Å². The number of aromatic amines is 1. The number of aryl methyl sites for hydroxylation is 1. The van der Waals surface area contributed by atoms with Crippen molar-refractivity contribution in [2.24, 2.45) is 5.73 Å². The molecule has 2 aromatic rings. The zero-order chi connectivity index (χ0) is 14.4. The summed E-state index contributed by atoms with van der Waals surface area (Å²) >= 11 is 0. The smallest absolute Gasteiger partial charge is 0.264 e. The largest absolute Gasteiger partial charge is 0.320 e. The topological polar surface area (TPSA) is 101 Å². The highest BCUT2D eigenvalue weighted by Crippen LogP contribution is 2.05. The number of anilines is 1. The first-order valence-corrected chi connectivity index (χ1v) is 6.31. The van der Waals surface area contributed by atoms with Gasteiger partial charge in [0.1, 0.15) is 0 Å². The van der Waals surface area contributed by atoms with E-state index in [0.717, 1.165) is 12.0 Å². The Balaban J connectivity index is 1.86. The van der Waals surface area contributed by atoms with Gasteiger partial charge in [0.15, 0.2) is 5.82 Å². The van der Waals surface area contributed by atoms with Gasteiger partial charge in [0.2, 0.25) is 5.91 Å². The normalized spacial score (nSPS) is 11.8. The molecular weight excluding hydrogens is 256 g/mol. The molecule has 4 N–H and O–H groups in total. The summed E-state index contributed by atoms with van der Waals surface area (Å²) in [5.41, 5.74) is 6.65. The summed E-state index contributed by atoms with van der Waals surface area (Å²) in [4.78, 5) is 22.7. The maximum Gasteiger partial charge on any atom is 0.264 e. The highest BCUT2D eigenvalue weighted by atomic mass is 16.2. The van der Waals surface area contributed by atoms with E-state index in [1.54, 1.807) is 0 Å². The minimum atomic E-state index is -0.621. The molecule has 20 heavy (non-hydrogen) atoms. The summed E-state index contributed by atoms with van der Waals surface area (Å²) in [6, 6.07) is 11.9. The van der Waals surface area contributed by atoms with Crippen molar-refractivity contribution in [1.29, 1.82) is 0 Å². The molecule has 6 nitrogen and oxygen atoms in total. The van der Waals surface area contributed by atoms with E-state index < -0.39 is 6.04 Å². The van der Waals surface area contributed by atoms with Gasteiger partial charge < -0.3 is 11.1 Å². The van der Waals surface area contributed by atoms with Crippen molar-refractivity contribution in [3.63, 3.8) is 0 Å². The molecule has 0 saturated carbocycles. The quantitative estimate of drug-likeness (QED) is 0.744. The van der Waals surface area contributed by atoms with Crippen molar-refractivity contribution < 1.29 is 4.79 Å². The zero-order valence-corrected chi connectivity index (χ0v) is 10.9. The molecule has 0 fully saturated rings. The fraction of sp³-hybridized carbons (Fsp3) is 0.214. The van der Waals surface area contributed by atoms with Crippen LogP contribution in [-0.2, 0) is 11.2 Å². The molecule has 1 atom stereocenters. The van der Waals surface area contributed by atoms with Crippen LogP contribution >= 0.6 is 0 Å². The number of nitrogens with one attached hydrogen (secondary N) is 2. The molecule has 0 radical (unpaired) electrons. The standard InChI is InChI=1S/C14H16N4O2/c15-11(7-6-10-4-2-1-3-5-10)14(20)16-12-8-9-13(19)18-17-12/h1-5,8-9,11H,6-7,15H2,(H,18,19)(H,16,17,20). The molecule has 0 bridgehead atoms.